The van der Waals surface area contributed by atoms with Crippen LogP contribution in [0.5, 0.6) is 11.8 Å². The molecule has 0 aliphatic rings. The van der Waals surface area contributed by atoms with Crippen LogP contribution in [-0.2, 0) is 6.18 Å². The summed E-state index contributed by atoms with van der Waals surface area (Å²) >= 11 is 0. The highest BCUT2D eigenvalue weighted by Crippen LogP contribution is 2.30. The number of rotatable bonds is 3. The molecule has 0 radical (unpaired) electrons. The fourth-order valence-corrected chi connectivity index (χ4v) is 1.58. The average Bonchev–Trinajstić information content (AvgIpc) is 2.53. The number of allylic oxidation sites excluding steroid dienone is 1. The summed E-state index contributed by atoms with van der Waals surface area (Å²) in [5.41, 5.74) is -0.970. The van der Waals surface area contributed by atoms with Crippen LogP contribution in [0.1, 0.15) is 11.3 Å². The van der Waals surface area contributed by atoms with Gasteiger partial charge in [0.25, 0.3) is 0 Å². The zero-order valence-electron chi connectivity index (χ0n) is 11.4. The monoisotopic (exact) mass is 316 g/mol. The van der Waals surface area contributed by atoms with E-state index in [2.05, 4.69) is 9.97 Å². The van der Waals surface area contributed by atoms with E-state index in [0.29, 0.717) is 5.56 Å². The molecule has 2 aromatic rings. The molecule has 5 nitrogen and oxygen atoms in total. The molecule has 1 aromatic carbocycles. The number of alkyl halides is 3. The summed E-state index contributed by atoms with van der Waals surface area (Å²) in [7, 11) is 0. The first kappa shape index (κ1) is 16.0. The normalized spacial score (nSPS) is 10.3. The Labute approximate surface area is 128 Å². The maximum Gasteiger partial charge on any atom is 0.433 e. The lowest BCUT2D eigenvalue weighted by molar-refractivity contribution is -0.141. The highest BCUT2D eigenvalue weighted by atomic mass is 19.4. The van der Waals surface area contributed by atoms with Crippen LogP contribution in [0.4, 0.5) is 13.2 Å². The number of nitrogens with zero attached hydrogens (tertiary/aromatic N) is 4. The molecular weight excluding hydrogens is 309 g/mol. The lowest BCUT2D eigenvalue weighted by atomic mass is 10.1. The zero-order valence-corrected chi connectivity index (χ0v) is 11.4. The second kappa shape index (κ2) is 6.58. The summed E-state index contributed by atoms with van der Waals surface area (Å²) < 4.78 is 43.1. The van der Waals surface area contributed by atoms with Crippen LogP contribution in [0.3, 0.4) is 0 Å². The number of ether oxygens (including phenoxy) is 1. The molecule has 23 heavy (non-hydrogen) atoms. The van der Waals surface area contributed by atoms with Crippen LogP contribution >= 0.6 is 0 Å². The minimum Gasteiger partial charge on any atom is -0.424 e. The number of aromatic nitrogens is 2. The van der Waals surface area contributed by atoms with E-state index in [-0.39, 0.29) is 11.3 Å². The Balaban J connectivity index is 2.38. The Bertz CT molecular complexity index is 816. The van der Waals surface area contributed by atoms with E-state index in [1.54, 1.807) is 24.3 Å². The van der Waals surface area contributed by atoms with Crippen LogP contribution in [-0.4, -0.2) is 9.97 Å². The fraction of sp³-hybridized carbons (Fsp3) is 0.0667. The first-order chi connectivity index (χ1) is 10.9. The van der Waals surface area contributed by atoms with Crippen LogP contribution < -0.4 is 4.74 Å². The third-order valence-corrected chi connectivity index (χ3v) is 2.58. The smallest absolute Gasteiger partial charge is 0.424 e. The molecule has 0 atom stereocenters. The highest BCUT2D eigenvalue weighted by molar-refractivity contribution is 5.66. The van der Waals surface area contributed by atoms with E-state index in [9.17, 15) is 13.2 Å². The Morgan fingerprint density at radius 2 is 1.83 bits per heavy atom. The summed E-state index contributed by atoms with van der Waals surface area (Å²) in [6, 6.07) is 9.81. The van der Waals surface area contributed by atoms with Gasteiger partial charge in [-0.1, -0.05) is 18.2 Å². The number of halogens is 3. The van der Waals surface area contributed by atoms with Gasteiger partial charge in [0.2, 0.25) is 0 Å². The van der Waals surface area contributed by atoms with Crippen LogP contribution in [0.2, 0.25) is 0 Å². The molecule has 0 aliphatic heterocycles. The van der Waals surface area contributed by atoms with E-state index >= 15 is 0 Å². The molecule has 114 valence electrons. The summed E-state index contributed by atoms with van der Waals surface area (Å²) in [4.78, 5) is 6.92. The Morgan fingerprint density at radius 1 is 1.13 bits per heavy atom. The second-order valence-electron chi connectivity index (χ2n) is 4.14. The summed E-state index contributed by atoms with van der Waals surface area (Å²) in [5, 5.41) is 17.5. The molecular formula is C15H7F3N4O. The average molecular weight is 316 g/mol. The molecule has 2 rings (SSSR count). The quantitative estimate of drug-likeness (QED) is 0.806. The molecule has 1 heterocycles. The minimum absolute atomic E-state index is 0.120. The van der Waals surface area contributed by atoms with Gasteiger partial charge in [0.15, 0.2) is 5.69 Å². The van der Waals surface area contributed by atoms with Crippen molar-refractivity contribution >= 4 is 6.08 Å². The zero-order chi connectivity index (χ0) is 16.9. The van der Waals surface area contributed by atoms with Crippen molar-refractivity contribution in [1.82, 2.24) is 9.97 Å². The molecule has 0 aliphatic carbocycles. The van der Waals surface area contributed by atoms with E-state index in [1.165, 1.54) is 18.2 Å². The molecule has 0 fully saturated rings. The van der Waals surface area contributed by atoms with Gasteiger partial charge in [-0.3, -0.25) is 0 Å². The summed E-state index contributed by atoms with van der Waals surface area (Å²) in [5.74, 6) is 0.120. The lowest BCUT2D eigenvalue weighted by Gasteiger charge is -2.09. The molecule has 0 amide bonds. The van der Waals surface area contributed by atoms with Crippen molar-refractivity contribution in [2.24, 2.45) is 0 Å². The van der Waals surface area contributed by atoms with Crippen molar-refractivity contribution < 1.29 is 17.9 Å². The first-order valence-electron chi connectivity index (χ1n) is 6.13. The predicted molar refractivity (Wildman–Crippen MR) is 72.8 cm³/mol. The van der Waals surface area contributed by atoms with E-state index < -0.39 is 17.9 Å². The van der Waals surface area contributed by atoms with Gasteiger partial charge in [-0.05, 0) is 18.2 Å². The van der Waals surface area contributed by atoms with Crippen molar-refractivity contribution in [3.05, 3.63) is 53.4 Å². The van der Waals surface area contributed by atoms with Crippen molar-refractivity contribution in [3.8, 4) is 23.9 Å². The van der Waals surface area contributed by atoms with E-state index in [1.807, 2.05) is 0 Å². The fourth-order valence-electron chi connectivity index (χ4n) is 1.58. The number of benzene rings is 1. The second-order valence-corrected chi connectivity index (χ2v) is 4.14. The number of hydrogen-bond acceptors (Lipinski definition) is 5. The van der Waals surface area contributed by atoms with Gasteiger partial charge >= 0.3 is 12.2 Å². The molecule has 0 saturated carbocycles. The van der Waals surface area contributed by atoms with Gasteiger partial charge in [-0.25, -0.2) is 4.98 Å². The Morgan fingerprint density at radius 3 is 2.48 bits per heavy atom. The minimum atomic E-state index is -4.62. The van der Waals surface area contributed by atoms with E-state index in [4.69, 9.17) is 15.3 Å². The van der Waals surface area contributed by atoms with E-state index in [0.717, 1.165) is 12.3 Å². The van der Waals surface area contributed by atoms with Crippen molar-refractivity contribution in [2.75, 3.05) is 0 Å². The molecule has 0 saturated heterocycles. The molecule has 0 bridgehead atoms. The number of hydrogen-bond donors (Lipinski definition) is 0. The maximum absolute atomic E-state index is 12.6. The Kier molecular flexibility index (Phi) is 4.58. The molecule has 0 N–H and O–H groups in total. The topological polar surface area (TPSA) is 82.6 Å². The molecule has 8 heteroatoms. The largest absolute Gasteiger partial charge is 0.433 e. The van der Waals surface area contributed by atoms with Gasteiger partial charge in [-0.15, -0.1) is 0 Å². The summed E-state index contributed by atoms with van der Waals surface area (Å²) in [6.07, 6.45) is -2.43. The van der Waals surface area contributed by atoms with Crippen LogP contribution in [0.15, 0.2) is 42.1 Å². The van der Waals surface area contributed by atoms with Crippen molar-refractivity contribution in [2.45, 2.75) is 6.18 Å². The van der Waals surface area contributed by atoms with Crippen molar-refractivity contribution in [3.63, 3.8) is 0 Å². The first-order valence-corrected chi connectivity index (χ1v) is 6.13. The number of para-hydroxylation sites is 1. The third kappa shape index (κ3) is 4.05. The molecule has 1 aromatic heterocycles. The van der Waals surface area contributed by atoms with Crippen molar-refractivity contribution in [1.29, 1.82) is 10.5 Å². The van der Waals surface area contributed by atoms with Gasteiger partial charge in [0, 0.05) is 11.8 Å². The number of nitriles is 2. The maximum atomic E-state index is 12.6. The van der Waals surface area contributed by atoms with Gasteiger partial charge in [0.1, 0.15) is 23.5 Å². The predicted octanol–water partition coefficient (Wildman–Crippen LogP) is 3.72. The van der Waals surface area contributed by atoms with Gasteiger partial charge < -0.3 is 4.74 Å². The lowest BCUT2D eigenvalue weighted by Crippen LogP contribution is -2.09. The standard InChI is InChI=1S/C15H7F3N4O/c16-15(17,18)13-5-6-21-14(22-13)23-12-4-2-1-3-11(12)7-10(8-19)9-20/h1-7H. The Hall–Kier alpha value is -3.39. The third-order valence-electron chi connectivity index (χ3n) is 2.58. The van der Waals surface area contributed by atoms with Gasteiger partial charge in [0.05, 0.1) is 0 Å². The summed E-state index contributed by atoms with van der Waals surface area (Å²) in [6.45, 7) is 0. The SMILES string of the molecule is N#CC(C#N)=Cc1ccccc1Oc1nccc(C(F)(F)F)n1. The van der Waals surface area contributed by atoms with Gasteiger partial charge in [-0.2, -0.15) is 28.7 Å². The molecule has 0 spiro atoms. The molecule has 0 unspecified atom stereocenters. The van der Waals surface area contributed by atoms with Crippen LogP contribution in [0, 0.1) is 22.7 Å². The highest BCUT2D eigenvalue weighted by Gasteiger charge is 2.33. The van der Waals surface area contributed by atoms with Crippen LogP contribution in [0.25, 0.3) is 6.08 Å².